The van der Waals surface area contributed by atoms with Gasteiger partial charge in [-0.05, 0) is 55.4 Å². The van der Waals surface area contributed by atoms with Crippen LogP contribution in [-0.4, -0.2) is 23.6 Å². The Hall–Kier alpha value is -2.20. The van der Waals surface area contributed by atoms with Crippen LogP contribution in [0.15, 0.2) is 48.8 Å². The quantitative estimate of drug-likeness (QED) is 0.753. The number of benzene rings is 1. The molecule has 0 radical (unpaired) electrons. The molecule has 0 aliphatic rings. The highest BCUT2D eigenvalue weighted by Crippen LogP contribution is 2.32. The molecule has 0 aliphatic carbocycles. The van der Waals surface area contributed by atoms with Gasteiger partial charge in [0.15, 0.2) is 0 Å². The lowest BCUT2D eigenvalue weighted by Gasteiger charge is -2.17. The zero-order chi connectivity index (χ0) is 14.7. The number of rotatable bonds is 5. The zero-order valence-corrected chi connectivity index (χ0v) is 11.9. The Labute approximate surface area is 123 Å². The zero-order valence-electron chi connectivity index (χ0n) is 11.9. The van der Waals surface area contributed by atoms with Crippen molar-refractivity contribution in [2.45, 2.75) is 12.3 Å². The second-order valence-corrected chi connectivity index (χ2v) is 5.14. The normalized spacial score (nSPS) is 12.7. The molecule has 1 unspecified atom stereocenters. The van der Waals surface area contributed by atoms with E-state index in [9.17, 15) is 4.39 Å². The van der Waals surface area contributed by atoms with E-state index in [0.29, 0.717) is 0 Å². The lowest BCUT2D eigenvalue weighted by Crippen LogP contribution is -2.13. The van der Waals surface area contributed by atoms with E-state index >= 15 is 0 Å². The maximum atomic E-state index is 13.2. The number of aromatic nitrogens is 2. The first kappa shape index (κ1) is 13.8. The summed E-state index contributed by atoms with van der Waals surface area (Å²) in [6.07, 6.45) is 4.74. The van der Waals surface area contributed by atoms with Crippen LogP contribution in [0.25, 0.3) is 11.0 Å². The number of fused-ring (bicyclic) bond motifs is 1. The predicted octanol–water partition coefficient (Wildman–Crippen LogP) is 3.44. The van der Waals surface area contributed by atoms with Crippen LogP contribution in [0.4, 0.5) is 4.39 Å². The molecule has 1 atom stereocenters. The van der Waals surface area contributed by atoms with Crippen molar-refractivity contribution < 1.29 is 4.39 Å². The minimum absolute atomic E-state index is 0.202. The van der Waals surface area contributed by atoms with Gasteiger partial charge in [-0.2, -0.15) is 0 Å². The number of halogens is 1. The number of aromatic amines is 1. The third-order valence-corrected chi connectivity index (χ3v) is 3.81. The lowest BCUT2D eigenvalue weighted by molar-refractivity contribution is 0.623. The molecule has 0 amide bonds. The van der Waals surface area contributed by atoms with E-state index in [1.165, 1.54) is 17.7 Å². The molecule has 21 heavy (non-hydrogen) atoms. The first-order valence-electron chi connectivity index (χ1n) is 7.11. The van der Waals surface area contributed by atoms with Gasteiger partial charge in [-0.25, -0.2) is 9.37 Å². The Kier molecular flexibility index (Phi) is 3.97. The number of pyridine rings is 1. The summed E-state index contributed by atoms with van der Waals surface area (Å²) in [4.78, 5) is 7.56. The molecule has 108 valence electrons. The van der Waals surface area contributed by atoms with Crippen molar-refractivity contribution in [3.63, 3.8) is 0 Å². The van der Waals surface area contributed by atoms with E-state index < -0.39 is 0 Å². The molecule has 1 aromatic carbocycles. The van der Waals surface area contributed by atoms with Crippen LogP contribution >= 0.6 is 0 Å². The van der Waals surface area contributed by atoms with Crippen LogP contribution in [0.1, 0.15) is 23.5 Å². The Morgan fingerprint density at radius 3 is 2.81 bits per heavy atom. The van der Waals surface area contributed by atoms with Gasteiger partial charge >= 0.3 is 0 Å². The largest absolute Gasteiger partial charge is 0.346 e. The molecule has 3 rings (SSSR count). The standard InChI is InChI=1S/C17H18FN3/c1-19-10-8-14(12-4-6-13(18)7-5-12)16-11-21-17-15(16)3-2-9-20-17/h2-7,9,11,14,19H,8,10H2,1H3,(H,20,21). The van der Waals surface area contributed by atoms with E-state index in [0.717, 1.165) is 29.6 Å². The highest BCUT2D eigenvalue weighted by Gasteiger charge is 2.18. The van der Waals surface area contributed by atoms with E-state index in [-0.39, 0.29) is 11.7 Å². The van der Waals surface area contributed by atoms with Gasteiger partial charge in [-0.1, -0.05) is 12.1 Å². The Morgan fingerprint density at radius 1 is 1.24 bits per heavy atom. The van der Waals surface area contributed by atoms with Crippen LogP contribution in [0.3, 0.4) is 0 Å². The van der Waals surface area contributed by atoms with E-state index in [4.69, 9.17) is 0 Å². The summed E-state index contributed by atoms with van der Waals surface area (Å²) in [6.45, 7) is 0.898. The highest BCUT2D eigenvalue weighted by molar-refractivity contribution is 5.80. The van der Waals surface area contributed by atoms with Crippen LogP contribution in [0.2, 0.25) is 0 Å². The van der Waals surface area contributed by atoms with E-state index in [1.807, 2.05) is 31.4 Å². The second kappa shape index (κ2) is 6.06. The third kappa shape index (κ3) is 2.81. The number of H-pyrrole nitrogens is 1. The molecule has 3 nitrogen and oxygen atoms in total. The summed E-state index contributed by atoms with van der Waals surface area (Å²) >= 11 is 0. The predicted molar refractivity (Wildman–Crippen MR) is 82.9 cm³/mol. The smallest absolute Gasteiger partial charge is 0.137 e. The molecule has 0 saturated carbocycles. The molecular formula is C17H18FN3. The van der Waals surface area contributed by atoms with Crippen molar-refractivity contribution in [3.8, 4) is 0 Å². The molecule has 0 aliphatic heterocycles. The highest BCUT2D eigenvalue weighted by atomic mass is 19.1. The number of nitrogens with one attached hydrogen (secondary N) is 2. The maximum absolute atomic E-state index is 13.2. The van der Waals surface area contributed by atoms with E-state index in [1.54, 1.807) is 6.20 Å². The first-order valence-corrected chi connectivity index (χ1v) is 7.11. The van der Waals surface area contributed by atoms with Crippen molar-refractivity contribution in [1.29, 1.82) is 0 Å². The fraction of sp³-hybridized carbons (Fsp3) is 0.235. The summed E-state index contributed by atoms with van der Waals surface area (Å²) < 4.78 is 13.2. The summed E-state index contributed by atoms with van der Waals surface area (Å²) in [5, 5.41) is 4.32. The van der Waals surface area contributed by atoms with Gasteiger partial charge in [0.2, 0.25) is 0 Å². The Bertz CT molecular complexity index is 718. The third-order valence-electron chi connectivity index (χ3n) is 3.81. The van der Waals surface area contributed by atoms with Crippen molar-refractivity contribution in [1.82, 2.24) is 15.3 Å². The molecule has 0 saturated heterocycles. The SMILES string of the molecule is CNCCC(c1ccc(F)cc1)c1c[nH]c2ncccc12. The number of nitrogens with zero attached hydrogens (tertiary/aromatic N) is 1. The summed E-state index contributed by atoms with van der Waals surface area (Å²) in [6, 6.07) is 10.8. The van der Waals surface area contributed by atoms with Crippen LogP contribution < -0.4 is 5.32 Å². The Balaban J connectivity index is 2.04. The minimum atomic E-state index is -0.202. The molecule has 0 spiro atoms. The summed E-state index contributed by atoms with van der Waals surface area (Å²) in [7, 11) is 1.94. The molecule has 2 aromatic heterocycles. The number of hydrogen-bond acceptors (Lipinski definition) is 2. The van der Waals surface area contributed by atoms with Crippen molar-refractivity contribution in [2.24, 2.45) is 0 Å². The fourth-order valence-corrected chi connectivity index (χ4v) is 2.75. The maximum Gasteiger partial charge on any atom is 0.137 e. The lowest BCUT2D eigenvalue weighted by atomic mass is 9.88. The van der Waals surface area contributed by atoms with Gasteiger partial charge in [0, 0.05) is 23.7 Å². The average Bonchev–Trinajstić information content (AvgIpc) is 2.93. The molecule has 2 heterocycles. The molecule has 4 heteroatoms. The molecule has 3 aromatic rings. The average molecular weight is 283 g/mol. The van der Waals surface area contributed by atoms with Crippen molar-refractivity contribution in [2.75, 3.05) is 13.6 Å². The molecular weight excluding hydrogens is 265 g/mol. The molecule has 2 N–H and O–H groups in total. The van der Waals surface area contributed by atoms with Gasteiger partial charge < -0.3 is 10.3 Å². The molecule has 0 fully saturated rings. The van der Waals surface area contributed by atoms with Crippen LogP contribution in [-0.2, 0) is 0 Å². The van der Waals surface area contributed by atoms with Crippen LogP contribution in [0, 0.1) is 5.82 Å². The fourth-order valence-electron chi connectivity index (χ4n) is 2.75. The van der Waals surface area contributed by atoms with E-state index in [2.05, 4.69) is 21.4 Å². The monoisotopic (exact) mass is 283 g/mol. The number of hydrogen-bond donors (Lipinski definition) is 2. The van der Waals surface area contributed by atoms with Gasteiger partial charge in [-0.15, -0.1) is 0 Å². The first-order chi connectivity index (χ1) is 10.3. The summed E-state index contributed by atoms with van der Waals surface area (Å²) in [5.41, 5.74) is 3.22. The second-order valence-electron chi connectivity index (χ2n) is 5.14. The van der Waals surface area contributed by atoms with Crippen LogP contribution in [0.5, 0.6) is 0 Å². The summed E-state index contributed by atoms with van der Waals surface area (Å²) in [5.74, 6) is 0.0164. The van der Waals surface area contributed by atoms with Crippen molar-refractivity contribution >= 4 is 11.0 Å². The van der Waals surface area contributed by atoms with Gasteiger partial charge in [0.1, 0.15) is 11.5 Å². The van der Waals surface area contributed by atoms with Gasteiger partial charge in [0.05, 0.1) is 0 Å². The topological polar surface area (TPSA) is 40.7 Å². The van der Waals surface area contributed by atoms with Crippen molar-refractivity contribution in [3.05, 3.63) is 65.7 Å². The Morgan fingerprint density at radius 2 is 2.05 bits per heavy atom. The van der Waals surface area contributed by atoms with Gasteiger partial charge in [0.25, 0.3) is 0 Å². The molecule has 0 bridgehead atoms. The minimum Gasteiger partial charge on any atom is -0.346 e. The van der Waals surface area contributed by atoms with Gasteiger partial charge in [-0.3, -0.25) is 0 Å².